The average Bonchev–Trinajstić information content (AvgIpc) is 2.68. The molecule has 0 aromatic rings. The molecule has 1 fully saturated rings. The number of esters is 3. The van der Waals surface area contributed by atoms with Crippen LogP contribution < -0.4 is 5.32 Å². The standard InChI is InChI=1S/C22H37NO9/c1-6-7-8-9-10-11-12-28-22-19(23-14(2)24)21(31-17(5)27)20(30-16(4)26)18(32-22)13-29-15(3)25/h18-22H,6-13H2,1-5H3,(H,23,24)/t18-,19+,20+,21-,22+/m0/s1. The fourth-order valence-electron chi connectivity index (χ4n) is 3.52. The fourth-order valence-corrected chi connectivity index (χ4v) is 3.52. The molecule has 1 aliphatic heterocycles. The lowest BCUT2D eigenvalue weighted by molar-refractivity contribution is -0.277. The summed E-state index contributed by atoms with van der Waals surface area (Å²) in [7, 11) is 0. The molecule has 1 rings (SSSR count). The first-order chi connectivity index (χ1) is 15.1. The maximum atomic E-state index is 11.9. The fraction of sp³-hybridized carbons (Fsp3) is 0.818. The highest BCUT2D eigenvalue weighted by atomic mass is 16.7. The first-order valence-corrected chi connectivity index (χ1v) is 11.2. The lowest BCUT2D eigenvalue weighted by Crippen LogP contribution is -2.66. The van der Waals surface area contributed by atoms with Crippen molar-refractivity contribution in [2.45, 2.75) is 104 Å². The second kappa shape index (κ2) is 14.8. The highest BCUT2D eigenvalue weighted by molar-refractivity contribution is 5.73. The van der Waals surface area contributed by atoms with Crippen molar-refractivity contribution in [1.82, 2.24) is 5.32 Å². The van der Waals surface area contributed by atoms with Crippen molar-refractivity contribution in [1.29, 1.82) is 0 Å². The highest BCUT2D eigenvalue weighted by Crippen LogP contribution is 2.28. The van der Waals surface area contributed by atoms with E-state index in [1.165, 1.54) is 34.1 Å². The number of ether oxygens (including phenoxy) is 5. The van der Waals surface area contributed by atoms with Crippen molar-refractivity contribution in [2.24, 2.45) is 0 Å². The SMILES string of the molecule is CCCCCCCCO[C@@H]1O[C@@H](COC(C)=O)[C@@H](OC(C)=O)[C@@H](OC(C)=O)[C@H]1NC(C)=O. The first-order valence-electron chi connectivity index (χ1n) is 11.2. The van der Waals surface area contributed by atoms with Gasteiger partial charge in [-0.05, 0) is 6.42 Å². The zero-order valence-electron chi connectivity index (χ0n) is 19.7. The Balaban J connectivity index is 3.01. The molecule has 0 aromatic heterocycles. The van der Waals surface area contributed by atoms with E-state index in [0.29, 0.717) is 6.61 Å². The van der Waals surface area contributed by atoms with Crippen molar-refractivity contribution in [2.75, 3.05) is 13.2 Å². The molecule has 5 atom stereocenters. The number of carbonyl (C=O) groups is 4. The van der Waals surface area contributed by atoms with E-state index in [4.69, 9.17) is 23.7 Å². The summed E-state index contributed by atoms with van der Waals surface area (Å²) in [5, 5.41) is 2.68. The Morgan fingerprint density at radius 3 is 1.97 bits per heavy atom. The van der Waals surface area contributed by atoms with Crippen LogP contribution in [0.3, 0.4) is 0 Å². The summed E-state index contributed by atoms with van der Waals surface area (Å²) in [5.74, 6) is -2.22. The predicted octanol–water partition coefficient (Wildman–Crippen LogP) is 2.02. The Bertz CT molecular complexity index is 625. The molecular weight excluding hydrogens is 422 g/mol. The smallest absolute Gasteiger partial charge is 0.303 e. The second-order valence-electron chi connectivity index (χ2n) is 7.86. The molecule has 1 aliphatic rings. The van der Waals surface area contributed by atoms with Crippen molar-refractivity contribution in [3.8, 4) is 0 Å². The van der Waals surface area contributed by atoms with Crippen LogP contribution in [0.25, 0.3) is 0 Å². The molecule has 0 aliphatic carbocycles. The summed E-state index contributed by atoms with van der Waals surface area (Å²) >= 11 is 0. The van der Waals surface area contributed by atoms with Crippen LogP contribution in [0.15, 0.2) is 0 Å². The number of hydrogen-bond donors (Lipinski definition) is 1. The Morgan fingerprint density at radius 1 is 0.812 bits per heavy atom. The molecule has 32 heavy (non-hydrogen) atoms. The topological polar surface area (TPSA) is 126 Å². The van der Waals surface area contributed by atoms with Gasteiger partial charge in [-0.1, -0.05) is 39.0 Å². The molecular formula is C22H37NO9. The Kier molecular flexibility index (Phi) is 12.9. The van der Waals surface area contributed by atoms with Crippen LogP contribution in [0.2, 0.25) is 0 Å². The van der Waals surface area contributed by atoms with E-state index in [9.17, 15) is 19.2 Å². The number of nitrogens with one attached hydrogen (secondary N) is 1. The van der Waals surface area contributed by atoms with Crippen LogP contribution in [-0.4, -0.2) is 67.7 Å². The minimum atomic E-state index is -1.11. The van der Waals surface area contributed by atoms with E-state index in [-0.39, 0.29) is 6.61 Å². The monoisotopic (exact) mass is 459 g/mol. The van der Waals surface area contributed by atoms with Gasteiger partial charge in [-0.3, -0.25) is 19.2 Å². The number of amides is 1. The van der Waals surface area contributed by atoms with Crippen molar-refractivity contribution < 1.29 is 42.9 Å². The zero-order chi connectivity index (χ0) is 24.1. The molecule has 0 saturated carbocycles. The molecule has 1 N–H and O–H groups in total. The van der Waals surface area contributed by atoms with Gasteiger partial charge in [0.25, 0.3) is 0 Å². The van der Waals surface area contributed by atoms with Gasteiger partial charge in [-0.15, -0.1) is 0 Å². The van der Waals surface area contributed by atoms with Crippen LogP contribution in [0.5, 0.6) is 0 Å². The van der Waals surface area contributed by atoms with Crippen molar-refractivity contribution >= 4 is 23.8 Å². The van der Waals surface area contributed by atoms with Crippen molar-refractivity contribution in [3.05, 3.63) is 0 Å². The Labute approximate surface area is 189 Å². The first kappa shape index (κ1) is 27.8. The zero-order valence-corrected chi connectivity index (χ0v) is 19.7. The normalized spacial score (nSPS) is 25.0. The maximum absolute atomic E-state index is 11.9. The third-order valence-electron chi connectivity index (χ3n) is 4.85. The summed E-state index contributed by atoms with van der Waals surface area (Å²) in [6, 6.07) is -0.922. The summed E-state index contributed by atoms with van der Waals surface area (Å²) in [4.78, 5) is 46.7. The van der Waals surface area contributed by atoms with Gasteiger partial charge in [0.15, 0.2) is 18.5 Å². The number of hydrogen-bond acceptors (Lipinski definition) is 9. The maximum Gasteiger partial charge on any atom is 0.303 e. The summed E-state index contributed by atoms with van der Waals surface area (Å²) in [5.41, 5.74) is 0. The van der Waals surface area contributed by atoms with Crippen LogP contribution in [0.1, 0.15) is 73.1 Å². The van der Waals surface area contributed by atoms with E-state index < -0.39 is 54.5 Å². The minimum Gasteiger partial charge on any atom is -0.463 e. The van der Waals surface area contributed by atoms with E-state index >= 15 is 0 Å². The van der Waals surface area contributed by atoms with Crippen LogP contribution in [0.4, 0.5) is 0 Å². The van der Waals surface area contributed by atoms with Gasteiger partial charge in [-0.2, -0.15) is 0 Å². The molecule has 0 spiro atoms. The summed E-state index contributed by atoms with van der Waals surface area (Å²) < 4.78 is 27.7. The molecule has 1 amide bonds. The minimum absolute atomic E-state index is 0.241. The number of unbranched alkanes of at least 4 members (excludes halogenated alkanes) is 5. The molecule has 0 bridgehead atoms. The predicted molar refractivity (Wildman–Crippen MR) is 113 cm³/mol. The number of carbonyl (C=O) groups excluding carboxylic acids is 4. The van der Waals surface area contributed by atoms with Gasteiger partial charge in [-0.25, -0.2) is 0 Å². The molecule has 10 nitrogen and oxygen atoms in total. The Hall–Kier alpha value is -2.20. The molecule has 10 heteroatoms. The molecule has 0 unspecified atom stereocenters. The third kappa shape index (κ3) is 10.4. The van der Waals surface area contributed by atoms with E-state index in [2.05, 4.69) is 12.2 Å². The van der Waals surface area contributed by atoms with Gasteiger partial charge >= 0.3 is 17.9 Å². The quantitative estimate of drug-likeness (QED) is 0.250. The number of rotatable bonds is 13. The van der Waals surface area contributed by atoms with Gasteiger partial charge in [0, 0.05) is 34.3 Å². The van der Waals surface area contributed by atoms with Crippen LogP contribution in [-0.2, 0) is 42.9 Å². The summed E-state index contributed by atoms with van der Waals surface area (Å²) in [6.45, 7) is 7.22. The second-order valence-corrected chi connectivity index (χ2v) is 7.86. The van der Waals surface area contributed by atoms with E-state index in [1.807, 2.05) is 0 Å². The molecule has 184 valence electrons. The van der Waals surface area contributed by atoms with Crippen LogP contribution in [0, 0.1) is 0 Å². The average molecular weight is 460 g/mol. The molecule has 1 saturated heterocycles. The van der Waals surface area contributed by atoms with E-state index in [1.54, 1.807) is 0 Å². The van der Waals surface area contributed by atoms with Crippen molar-refractivity contribution in [3.63, 3.8) is 0 Å². The van der Waals surface area contributed by atoms with Gasteiger partial charge in [0.05, 0.1) is 0 Å². The van der Waals surface area contributed by atoms with E-state index in [0.717, 1.165) is 32.1 Å². The Morgan fingerprint density at radius 2 is 1.41 bits per heavy atom. The van der Waals surface area contributed by atoms with Gasteiger partial charge in [0.1, 0.15) is 18.8 Å². The molecule has 0 radical (unpaired) electrons. The van der Waals surface area contributed by atoms with Crippen LogP contribution >= 0.6 is 0 Å². The third-order valence-corrected chi connectivity index (χ3v) is 4.85. The molecule has 0 aromatic carbocycles. The van der Waals surface area contributed by atoms with Gasteiger partial charge < -0.3 is 29.0 Å². The lowest BCUT2D eigenvalue weighted by Gasteiger charge is -2.44. The lowest BCUT2D eigenvalue weighted by atomic mass is 9.96. The molecule has 1 heterocycles. The summed E-state index contributed by atoms with van der Waals surface area (Å²) in [6.07, 6.45) is 2.23. The largest absolute Gasteiger partial charge is 0.463 e. The van der Waals surface area contributed by atoms with Gasteiger partial charge in [0.2, 0.25) is 5.91 Å². The highest BCUT2D eigenvalue weighted by Gasteiger charge is 2.51.